The number of hydrogen-bond acceptors (Lipinski definition) is 2. The van der Waals surface area contributed by atoms with Gasteiger partial charge in [0.2, 0.25) is 0 Å². The van der Waals surface area contributed by atoms with Crippen LogP contribution in [0.15, 0.2) is 12.3 Å². The van der Waals surface area contributed by atoms with Crippen molar-refractivity contribution in [1.82, 2.24) is 9.78 Å². The summed E-state index contributed by atoms with van der Waals surface area (Å²) >= 11 is 0. The second-order valence-electron chi connectivity index (χ2n) is 3.84. The van der Waals surface area contributed by atoms with Crippen LogP contribution in [0.2, 0.25) is 0 Å². The summed E-state index contributed by atoms with van der Waals surface area (Å²) in [4.78, 5) is 0. The molecule has 0 aromatic carbocycles. The van der Waals surface area contributed by atoms with Crippen LogP contribution in [0.1, 0.15) is 25.0 Å². The first-order chi connectivity index (χ1) is 5.68. The van der Waals surface area contributed by atoms with E-state index in [1.54, 1.807) is 0 Å². The van der Waals surface area contributed by atoms with Crippen molar-refractivity contribution in [2.24, 2.45) is 12.8 Å². The van der Waals surface area contributed by atoms with Gasteiger partial charge in [-0.25, -0.2) is 0 Å². The number of aryl methyl sites for hydroxylation is 2. The molecule has 0 radical (unpaired) electrons. The predicted molar refractivity (Wildman–Crippen MR) is 47.7 cm³/mol. The SMILES string of the molecule is Cn1ccc(CCC2(N)CC2)n1. The van der Waals surface area contributed by atoms with Gasteiger partial charge in [-0.15, -0.1) is 0 Å². The zero-order valence-corrected chi connectivity index (χ0v) is 7.45. The van der Waals surface area contributed by atoms with Gasteiger partial charge in [-0.2, -0.15) is 5.10 Å². The molecule has 1 fully saturated rings. The molecule has 3 heteroatoms. The highest BCUT2D eigenvalue weighted by Crippen LogP contribution is 2.36. The van der Waals surface area contributed by atoms with Gasteiger partial charge < -0.3 is 5.73 Å². The number of hydrogen-bond donors (Lipinski definition) is 1. The molecule has 1 aromatic rings. The molecule has 2 rings (SSSR count). The summed E-state index contributed by atoms with van der Waals surface area (Å²) in [6.07, 6.45) is 6.48. The molecular formula is C9H15N3. The standard InChI is InChI=1S/C9H15N3/c1-12-7-3-8(11-12)2-4-9(10)5-6-9/h3,7H,2,4-6,10H2,1H3. The molecule has 0 amide bonds. The lowest BCUT2D eigenvalue weighted by Gasteiger charge is -2.04. The predicted octanol–water partition coefficient (Wildman–Crippen LogP) is 0.844. The van der Waals surface area contributed by atoms with Crippen LogP contribution >= 0.6 is 0 Å². The molecule has 0 unspecified atom stereocenters. The molecule has 12 heavy (non-hydrogen) atoms. The first-order valence-electron chi connectivity index (χ1n) is 4.45. The van der Waals surface area contributed by atoms with E-state index < -0.39 is 0 Å². The van der Waals surface area contributed by atoms with Crippen molar-refractivity contribution in [3.05, 3.63) is 18.0 Å². The average molecular weight is 165 g/mol. The Morgan fingerprint density at radius 2 is 2.42 bits per heavy atom. The molecule has 1 saturated carbocycles. The number of aromatic nitrogens is 2. The zero-order valence-electron chi connectivity index (χ0n) is 7.45. The molecule has 66 valence electrons. The van der Waals surface area contributed by atoms with Crippen molar-refractivity contribution >= 4 is 0 Å². The fraction of sp³-hybridized carbons (Fsp3) is 0.667. The Balaban J connectivity index is 1.87. The van der Waals surface area contributed by atoms with Crippen molar-refractivity contribution in [3.8, 4) is 0 Å². The van der Waals surface area contributed by atoms with Gasteiger partial charge in [0.15, 0.2) is 0 Å². The third kappa shape index (κ3) is 1.67. The maximum absolute atomic E-state index is 5.97. The van der Waals surface area contributed by atoms with Gasteiger partial charge >= 0.3 is 0 Å². The van der Waals surface area contributed by atoms with Crippen LogP contribution < -0.4 is 5.73 Å². The number of nitrogens with zero attached hydrogens (tertiary/aromatic N) is 2. The van der Waals surface area contributed by atoms with Gasteiger partial charge in [-0.1, -0.05) is 0 Å². The first-order valence-corrected chi connectivity index (χ1v) is 4.45. The van der Waals surface area contributed by atoms with E-state index in [0.717, 1.165) is 18.5 Å². The van der Waals surface area contributed by atoms with Crippen molar-refractivity contribution < 1.29 is 0 Å². The molecule has 0 atom stereocenters. The van der Waals surface area contributed by atoms with Crippen LogP contribution in [0.4, 0.5) is 0 Å². The van der Waals surface area contributed by atoms with E-state index in [1.165, 1.54) is 12.8 Å². The van der Waals surface area contributed by atoms with E-state index >= 15 is 0 Å². The second-order valence-corrected chi connectivity index (χ2v) is 3.84. The van der Waals surface area contributed by atoms with E-state index in [4.69, 9.17) is 5.73 Å². The van der Waals surface area contributed by atoms with E-state index in [9.17, 15) is 0 Å². The van der Waals surface area contributed by atoms with Crippen molar-refractivity contribution in [2.45, 2.75) is 31.2 Å². The summed E-state index contributed by atoms with van der Waals surface area (Å²) in [5.74, 6) is 0. The fourth-order valence-electron chi connectivity index (χ4n) is 1.38. The second kappa shape index (κ2) is 2.59. The van der Waals surface area contributed by atoms with Crippen molar-refractivity contribution in [1.29, 1.82) is 0 Å². The van der Waals surface area contributed by atoms with Gasteiger partial charge in [0, 0.05) is 18.8 Å². The fourth-order valence-corrected chi connectivity index (χ4v) is 1.38. The van der Waals surface area contributed by atoms with Gasteiger partial charge in [0.1, 0.15) is 0 Å². The lowest BCUT2D eigenvalue weighted by molar-refractivity contribution is 0.597. The van der Waals surface area contributed by atoms with Crippen molar-refractivity contribution in [2.75, 3.05) is 0 Å². The largest absolute Gasteiger partial charge is 0.325 e. The molecule has 0 bridgehead atoms. The van der Waals surface area contributed by atoms with Crippen LogP contribution in [0, 0.1) is 0 Å². The highest BCUT2D eigenvalue weighted by Gasteiger charge is 2.37. The molecule has 1 aliphatic rings. The molecule has 1 aromatic heterocycles. The lowest BCUT2D eigenvalue weighted by atomic mass is 10.1. The van der Waals surface area contributed by atoms with Crippen LogP contribution in [0.5, 0.6) is 0 Å². The third-order valence-corrected chi connectivity index (χ3v) is 2.54. The highest BCUT2D eigenvalue weighted by molar-refractivity contribution is 5.05. The summed E-state index contributed by atoms with van der Waals surface area (Å²) in [6.45, 7) is 0. The van der Waals surface area contributed by atoms with E-state index in [-0.39, 0.29) is 5.54 Å². The van der Waals surface area contributed by atoms with Gasteiger partial charge in [0.25, 0.3) is 0 Å². The number of nitrogens with two attached hydrogens (primary N) is 1. The Hall–Kier alpha value is -0.830. The average Bonchev–Trinajstić information content (AvgIpc) is 2.60. The zero-order chi connectivity index (χ0) is 8.60. The molecule has 1 aliphatic carbocycles. The summed E-state index contributed by atoms with van der Waals surface area (Å²) in [7, 11) is 1.94. The van der Waals surface area contributed by atoms with Crippen LogP contribution in [0.3, 0.4) is 0 Å². The Morgan fingerprint density at radius 3 is 2.92 bits per heavy atom. The Bertz CT molecular complexity index is 273. The third-order valence-electron chi connectivity index (χ3n) is 2.54. The van der Waals surface area contributed by atoms with Gasteiger partial charge in [-0.05, 0) is 31.7 Å². The molecule has 3 nitrogen and oxygen atoms in total. The molecular weight excluding hydrogens is 150 g/mol. The Morgan fingerprint density at radius 1 is 1.67 bits per heavy atom. The van der Waals surface area contributed by atoms with Crippen LogP contribution in [-0.4, -0.2) is 15.3 Å². The summed E-state index contributed by atoms with van der Waals surface area (Å²) in [5.41, 5.74) is 7.29. The molecule has 0 spiro atoms. The molecule has 0 saturated heterocycles. The number of rotatable bonds is 3. The quantitative estimate of drug-likeness (QED) is 0.721. The smallest absolute Gasteiger partial charge is 0.0625 e. The monoisotopic (exact) mass is 165 g/mol. The van der Waals surface area contributed by atoms with Crippen molar-refractivity contribution in [3.63, 3.8) is 0 Å². The van der Waals surface area contributed by atoms with Crippen LogP contribution in [-0.2, 0) is 13.5 Å². The Kier molecular flexibility index (Phi) is 1.68. The van der Waals surface area contributed by atoms with E-state index in [1.807, 2.05) is 17.9 Å². The Labute approximate surface area is 72.6 Å². The normalized spacial score (nSPS) is 19.5. The minimum atomic E-state index is 0.164. The van der Waals surface area contributed by atoms with E-state index in [2.05, 4.69) is 11.2 Å². The highest BCUT2D eigenvalue weighted by atomic mass is 15.2. The minimum absolute atomic E-state index is 0.164. The first kappa shape index (κ1) is 7.80. The lowest BCUT2D eigenvalue weighted by Crippen LogP contribution is -2.22. The van der Waals surface area contributed by atoms with E-state index in [0.29, 0.717) is 0 Å². The van der Waals surface area contributed by atoms with Gasteiger partial charge in [-0.3, -0.25) is 4.68 Å². The summed E-state index contributed by atoms with van der Waals surface area (Å²) in [6, 6.07) is 2.06. The van der Waals surface area contributed by atoms with Gasteiger partial charge in [0.05, 0.1) is 5.69 Å². The maximum atomic E-state index is 5.97. The molecule has 2 N–H and O–H groups in total. The molecule has 1 heterocycles. The summed E-state index contributed by atoms with van der Waals surface area (Å²) in [5, 5.41) is 4.30. The summed E-state index contributed by atoms with van der Waals surface area (Å²) < 4.78 is 1.84. The molecule has 0 aliphatic heterocycles. The van der Waals surface area contributed by atoms with Crippen LogP contribution in [0.25, 0.3) is 0 Å². The topological polar surface area (TPSA) is 43.8 Å². The minimum Gasteiger partial charge on any atom is -0.325 e. The maximum Gasteiger partial charge on any atom is 0.0625 e.